The third-order valence-corrected chi connectivity index (χ3v) is 6.20. The van der Waals surface area contributed by atoms with Gasteiger partial charge in [-0.1, -0.05) is 37.3 Å². The van der Waals surface area contributed by atoms with Crippen LogP contribution < -0.4 is 5.32 Å². The van der Waals surface area contributed by atoms with Crippen LogP contribution >= 0.6 is 0 Å². The van der Waals surface area contributed by atoms with Crippen molar-refractivity contribution in [2.24, 2.45) is 5.10 Å². The van der Waals surface area contributed by atoms with Crippen LogP contribution in [0.15, 0.2) is 41.5 Å². The lowest BCUT2D eigenvalue weighted by molar-refractivity contribution is -0.131. The maximum atomic E-state index is 13.2. The number of hydrazone groups is 1. The number of imide groups is 1. The Labute approximate surface area is 176 Å². The van der Waals surface area contributed by atoms with Crippen molar-refractivity contribution in [1.29, 1.82) is 0 Å². The van der Waals surface area contributed by atoms with Crippen LogP contribution in [0.2, 0.25) is 0 Å². The second-order valence-electron chi connectivity index (χ2n) is 7.99. The number of hydrogen-bond donors (Lipinski definition) is 1. The number of amides is 3. The van der Waals surface area contributed by atoms with Gasteiger partial charge in [0.25, 0.3) is 5.91 Å². The Morgan fingerprint density at radius 3 is 2.70 bits per heavy atom. The highest BCUT2D eigenvalue weighted by Crippen LogP contribution is 2.32. The summed E-state index contributed by atoms with van der Waals surface area (Å²) in [6, 6.07) is 10.8. The molecular formula is C23H28N4O3. The van der Waals surface area contributed by atoms with E-state index in [1.807, 2.05) is 57.2 Å². The van der Waals surface area contributed by atoms with Crippen LogP contribution in [0.1, 0.15) is 48.7 Å². The molecule has 2 saturated heterocycles. The summed E-state index contributed by atoms with van der Waals surface area (Å²) in [7, 11) is 0. The summed E-state index contributed by atoms with van der Waals surface area (Å²) in [5, 5.41) is 8.07. The molecule has 0 saturated carbocycles. The molecule has 2 fully saturated rings. The van der Waals surface area contributed by atoms with Gasteiger partial charge in [0.1, 0.15) is 5.54 Å². The number of aryl methyl sites for hydroxylation is 1. The van der Waals surface area contributed by atoms with Gasteiger partial charge in [0.15, 0.2) is 0 Å². The molecule has 0 aliphatic carbocycles. The normalized spacial score (nSPS) is 24.2. The van der Waals surface area contributed by atoms with Crippen molar-refractivity contribution in [2.45, 2.75) is 58.2 Å². The standard InChI is InChI=1S/C23H28N4O3/c1-4-23(19-9-6-5-7-10-19)21(28)27(22(29)25-23)24-14-18-13-16(2)26(17(18)3)15-20-11-8-12-30-20/h5-7,9-10,13-14,20H,4,8,11-12,15H2,1-3H3,(H,25,29)/b24-14-/t20-,23+/m0/s1. The summed E-state index contributed by atoms with van der Waals surface area (Å²) in [4.78, 5) is 25.8. The Morgan fingerprint density at radius 2 is 2.03 bits per heavy atom. The minimum Gasteiger partial charge on any atom is -0.376 e. The molecule has 1 aromatic carbocycles. The quantitative estimate of drug-likeness (QED) is 0.587. The predicted molar refractivity (Wildman–Crippen MR) is 114 cm³/mol. The van der Waals surface area contributed by atoms with E-state index in [2.05, 4.69) is 15.0 Å². The fourth-order valence-corrected chi connectivity index (χ4v) is 4.38. The number of urea groups is 1. The Bertz CT molecular complexity index is 976. The topological polar surface area (TPSA) is 75.9 Å². The highest BCUT2D eigenvalue weighted by molar-refractivity contribution is 6.07. The second-order valence-corrected chi connectivity index (χ2v) is 7.99. The van der Waals surface area contributed by atoms with Gasteiger partial charge in [-0.15, -0.1) is 5.01 Å². The third kappa shape index (κ3) is 3.43. The zero-order valence-corrected chi connectivity index (χ0v) is 17.7. The van der Waals surface area contributed by atoms with Crippen LogP contribution in [0, 0.1) is 13.8 Å². The van der Waals surface area contributed by atoms with Gasteiger partial charge in [-0.3, -0.25) is 4.79 Å². The van der Waals surface area contributed by atoms with Crippen LogP contribution in [0.3, 0.4) is 0 Å². The van der Waals surface area contributed by atoms with Crippen LogP contribution in [-0.2, 0) is 21.6 Å². The van der Waals surface area contributed by atoms with Gasteiger partial charge >= 0.3 is 6.03 Å². The lowest BCUT2D eigenvalue weighted by Gasteiger charge is -2.24. The van der Waals surface area contributed by atoms with Crippen LogP contribution in [0.4, 0.5) is 4.79 Å². The molecule has 3 amide bonds. The molecule has 0 radical (unpaired) electrons. The number of hydrogen-bond acceptors (Lipinski definition) is 4. The number of nitrogens with zero attached hydrogens (tertiary/aromatic N) is 3. The minimum absolute atomic E-state index is 0.238. The zero-order chi connectivity index (χ0) is 21.3. The van der Waals surface area contributed by atoms with Gasteiger partial charge in [0.2, 0.25) is 0 Å². The van der Waals surface area contributed by atoms with E-state index in [1.54, 1.807) is 6.21 Å². The Kier molecular flexibility index (Phi) is 5.47. The summed E-state index contributed by atoms with van der Waals surface area (Å²) in [5.74, 6) is -0.356. The molecule has 2 aliphatic rings. The molecule has 0 bridgehead atoms. The highest BCUT2D eigenvalue weighted by atomic mass is 16.5. The van der Waals surface area contributed by atoms with Crippen molar-refractivity contribution in [2.75, 3.05) is 6.61 Å². The number of aromatic nitrogens is 1. The Hall–Kier alpha value is -2.93. The first-order valence-electron chi connectivity index (χ1n) is 10.5. The molecule has 2 atom stereocenters. The zero-order valence-electron chi connectivity index (χ0n) is 17.7. The van der Waals surface area contributed by atoms with Gasteiger partial charge < -0.3 is 14.6 Å². The first-order valence-corrected chi connectivity index (χ1v) is 10.5. The van der Waals surface area contributed by atoms with E-state index in [0.29, 0.717) is 6.42 Å². The molecule has 4 rings (SSSR count). The summed E-state index contributed by atoms with van der Waals surface area (Å²) in [6.07, 6.45) is 4.46. The maximum Gasteiger partial charge on any atom is 0.346 e. The number of ether oxygens (including phenoxy) is 1. The van der Waals surface area contributed by atoms with Gasteiger partial charge in [0.05, 0.1) is 12.3 Å². The second kappa shape index (κ2) is 8.07. The molecule has 1 N–H and O–H groups in total. The molecule has 3 heterocycles. The van der Waals surface area contributed by atoms with Crippen molar-refractivity contribution in [3.05, 3.63) is 58.9 Å². The summed E-state index contributed by atoms with van der Waals surface area (Å²) in [5.41, 5.74) is 2.72. The summed E-state index contributed by atoms with van der Waals surface area (Å²) in [6.45, 7) is 7.59. The summed E-state index contributed by atoms with van der Waals surface area (Å²) >= 11 is 0. The van der Waals surface area contributed by atoms with E-state index in [9.17, 15) is 9.59 Å². The summed E-state index contributed by atoms with van der Waals surface area (Å²) < 4.78 is 7.97. The van der Waals surface area contributed by atoms with Crippen molar-refractivity contribution in [3.8, 4) is 0 Å². The number of carbonyl (C=O) groups is 2. The average molecular weight is 409 g/mol. The van der Waals surface area contributed by atoms with Crippen molar-refractivity contribution < 1.29 is 14.3 Å². The monoisotopic (exact) mass is 408 g/mol. The van der Waals surface area contributed by atoms with Crippen LogP contribution in [-0.4, -0.2) is 40.4 Å². The first-order chi connectivity index (χ1) is 14.5. The lowest BCUT2D eigenvalue weighted by atomic mass is 9.87. The highest BCUT2D eigenvalue weighted by Gasteiger charge is 2.51. The SMILES string of the molecule is CC[C@]1(c2ccccc2)NC(=O)N(/N=C\c2cc(C)n(C[C@@H]3CCCO3)c2C)C1=O. The fraction of sp³-hybridized carbons (Fsp3) is 0.435. The van der Waals surface area contributed by atoms with Gasteiger partial charge in [0, 0.05) is 30.1 Å². The molecular weight excluding hydrogens is 380 g/mol. The number of carbonyl (C=O) groups excluding carboxylic acids is 2. The molecule has 7 heteroatoms. The van der Waals surface area contributed by atoms with E-state index < -0.39 is 11.6 Å². The Morgan fingerprint density at radius 1 is 1.27 bits per heavy atom. The molecule has 158 valence electrons. The predicted octanol–water partition coefficient (Wildman–Crippen LogP) is 3.48. The minimum atomic E-state index is -1.08. The molecule has 1 aromatic heterocycles. The van der Waals surface area contributed by atoms with Crippen molar-refractivity contribution in [1.82, 2.24) is 14.9 Å². The molecule has 2 aromatic rings. The van der Waals surface area contributed by atoms with Crippen molar-refractivity contribution in [3.63, 3.8) is 0 Å². The van der Waals surface area contributed by atoms with E-state index in [4.69, 9.17) is 4.74 Å². The van der Waals surface area contributed by atoms with Crippen LogP contribution in [0.5, 0.6) is 0 Å². The van der Waals surface area contributed by atoms with Gasteiger partial charge in [-0.2, -0.15) is 5.10 Å². The number of benzene rings is 1. The van der Waals surface area contributed by atoms with Gasteiger partial charge in [-0.25, -0.2) is 4.79 Å². The third-order valence-electron chi connectivity index (χ3n) is 6.20. The molecule has 30 heavy (non-hydrogen) atoms. The van der Waals surface area contributed by atoms with Crippen LogP contribution in [0.25, 0.3) is 0 Å². The smallest absolute Gasteiger partial charge is 0.346 e. The van der Waals surface area contributed by atoms with E-state index >= 15 is 0 Å². The molecule has 2 aliphatic heterocycles. The van der Waals surface area contributed by atoms with Crippen molar-refractivity contribution >= 4 is 18.2 Å². The molecule has 7 nitrogen and oxygen atoms in total. The average Bonchev–Trinajstić information content (AvgIpc) is 3.42. The number of rotatable bonds is 6. The van der Waals surface area contributed by atoms with Gasteiger partial charge in [-0.05, 0) is 44.7 Å². The lowest BCUT2D eigenvalue weighted by Crippen LogP contribution is -2.43. The van der Waals surface area contributed by atoms with E-state index in [-0.39, 0.29) is 12.0 Å². The largest absolute Gasteiger partial charge is 0.376 e. The fourth-order valence-electron chi connectivity index (χ4n) is 4.38. The number of nitrogens with one attached hydrogen (secondary N) is 1. The van der Waals surface area contributed by atoms with E-state index in [0.717, 1.165) is 53.5 Å². The molecule has 0 unspecified atom stereocenters. The maximum absolute atomic E-state index is 13.2. The van der Waals surface area contributed by atoms with E-state index in [1.165, 1.54) is 0 Å². The Balaban J connectivity index is 1.57. The molecule has 0 spiro atoms. The first kappa shape index (κ1) is 20.3.